The van der Waals surface area contributed by atoms with Gasteiger partial charge in [-0.1, -0.05) is 61.8 Å². The molecule has 118 valence electrons. The number of hydrogen-bond donors (Lipinski definition) is 1. The Kier molecular flexibility index (Phi) is 4.49. The maximum absolute atomic E-state index is 12.2. The lowest BCUT2D eigenvalue weighted by atomic mass is 9.88. The minimum Gasteiger partial charge on any atom is -0.272 e. The van der Waals surface area contributed by atoms with Crippen LogP contribution in [0.25, 0.3) is 0 Å². The van der Waals surface area contributed by atoms with Crippen molar-refractivity contribution in [3.8, 4) is 0 Å². The second kappa shape index (κ2) is 6.55. The Morgan fingerprint density at radius 2 is 1.74 bits per heavy atom. The summed E-state index contributed by atoms with van der Waals surface area (Å²) in [6.07, 6.45) is 0.592. The fraction of sp³-hybridized carbons (Fsp3) is 0.263. The van der Waals surface area contributed by atoms with E-state index >= 15 is 0 Å². The Morgan fingerprint density at radius 1 is 1.09 bits per heavy atom. The quantitative estimate of drug-likeness (QED) is 0.888. The third-order valence-electron chi connectivity index (χ3n) is 4.20. The molecule has 0 aliphatic carbocycles. The summed E-state index contributed by atoms with van der Waals surface area (Å²) < 4.78 is 0. The van der Waals surface area contributed by atoms with E-state index in [0.717, 1.165) is 16.8 Å². The number of hydrogen-bond acceptors (Lipinski definition) is 2. The van der Waals surface area contributed by atoms with Crippen LogP contribution in [0.4, 0.5) is 0 Å². The molecule has 0 saturated carbocycles. The molecule has 1 amide bonds. The molecular weight excluding hydrogens is 308 g/mol. The predicted octanol–water partition coefficient (Wildman–Crippen LogP) is 4.47. The smallest absolute Gasteiger partial charge is 0.248 e. The lowest BCUT2D eigenvalue weighted by Gasteiger charge is -2.22. The van der Waals surface area contributed by atoms with E-state index < -0.39 is 0 Å². The highest BCUT2D eigenvalue weighted by Gasteiger charge is 2.27. The molecule has 0 radical (unpaired) electrons. The van der Waals surface area contributed by atoms with Crippen molar-refractivity contribution in [2.75, 3.05) is 0 Å². The molecule has 1 aliphatic heterocycles. The van der Waals surface area contributed by atoms with Crippen molar-refractivity contribution in [2.45, 2.75) is 32.1 Å². The number of hydrazone groups is 1. The standard InChI is InChI=1S/C19H19ClN2O/c1-12(2)13-3-5-14(6-4-13)17-11-18(21-22-19(17)23)15-7-9-16(20)10-8-15/h3-10,12,17H,11H2,1-2H3,(H,22,23). The third kappa shape index (κ3) is 3.45. The Balaban J connectivity index is 1.84. The molecule has 1 N–H and O–H groups in total. The van der Waals surface area contributed by atoms with Gasteiger partial charge in [-0.15, -0.1) is 0 Å². The van der Waals surface area contributed by atoms with Crippen LogP contribution in [0.15, 0.2) is 53.6 Å². The second-order valence-electron chi connectivity index (χ2n) is 6.12. The fourth-order valence-corrected chi connectivity index (χ4v) is 2.87. The minimum atomic E-state index is -0.209. The molecule has 0 aromatic heterocycles. The van der Waals surface area contributed by atoms with E-state index in [1.807, 2.05) is 36.4 Å². The number of amides is 1. The second-order valence-corrected chi connectivity index (χ2v) is 6.56. The first-order valence-corrected chi connectivity index (χ1v) is 8.14. The fourth-order valence-electron chi connectivity index (χ4n) is 2.74. The van der Waals surface area contributed by atoms with Crippen LogP contribution in [-0.4, -0.2) is 11.6 Å². The Hall–Kier alpha value is -2.13. The summed E-state index contributed by atoms with van der Waals surface area (Å²) in [6, 6.07) is 15.8. The van der Waals surface area contributed by atoms with E-state index in [1.54, 1.807) is 0 Å². The van der Waals surface area contributed by atoms with Crippen LogP contribution in [0.5, 0.6) is 0 Å². The minimum absolute atomic E-state index is 0.0555. The van der Waals surface area contributed by atoms with E-state index in [1.165, 1.54) is 5.56 Å². The maximum atomic E-state index is 12.2. The maximum Gasteiger partial charge on any atom is 0.248 e. The molecule has 0 fully saturated rings. The molecule has 1 aliphatic rings. The predicted molar refractivity (Wildman–Crippen MR) is 94.0 cm³/mol. The molecule has 0 bridgehead atoms. The van der Waals surface area contributed by atoms with Gasteiger partial charge in [-0.05, 0) is 34.7 Å². The molecule has 0 saturated heterocycles. The van der Waals surface area contributed by atoms with E-state index in [0.29, 0.717) is 17.4 Å². The molecule has 0 spiro atoms. The van der Waals surface area contributed by atoms with Crippen molar-refractivity contribution in [1.29, 1.82) is 0 Å². The van der Waals surface area contributed by atoms with Gasteiger partial charge in [0, 0.05) is 11.4 Å². The van der Waals surface area contributed by atoms with Crippen LogP contribution < -0.4 is 5.43 Å². The van der Waals surface area contributed by atoms with Crippen LogP contribution in [-0.2, 0) is 4.79 Å². The van der Waals surface area contributed by atoms with Gasteiger partial charge in [0.2, 0.25) is 5.91 Å². The number of carbonyl (C=O) groups is 1. The molecule has 2 aromatic carbocycles. The van der Waals surface area contributed by atoms with Crippen LogP contribution >= 0.6 is 11.6 Å². The monoisotopic (exact) mass is 326 g/mol. The van der Waals surface area contributed by atoms with Gasteiger partial charge >= 0.3 is 0 Å². The summed E-state index contributed by atoms with van der Waals surface area (Å²) in [5, 5.41) is 4.90. The summed E-state index contributed by atoms with van der Waals surface area (Å²) in [7, 11) is 0. The van der Waals surface area contributed by atoms with Crippen LogP contribution in [0.3, 0.4) is 0 Å². The van der Waals surface area contributed by atoms with Crippen molar-refractivity contribution in [2.24, 2.45) is 5.10 Å². The SMILES string of the molecule is CC(C)c1ccc(C2CC(c3ccc(Cl)cc3)=NNC2=O)cc1. The van der Waals surface area contributed by atoms with E-state index in [9.17, 15) is 4.79 Å². The van der Waals surface area contributed by atoms with Gasteiger partial charge in [0.25, 0.3) is 0 Å². The molecule has 1 unspecified atom stereocenters. The molecule has 1 heterocycles. The van der Waals surface area contributed by atoms with Crippen LogP contribution in [0.2, 0.25) is 5.02 Å². The lowest BCUT2D eigenvalue weighted by Crippen LogP contribution is -2.33. The van der Waals surface area contributed by atoms with Gasteiger partial charge < -0.3 is 0 Å². The lowest BCUT2D eigenvalue weighted by molar-refractivity contribution is -0.122. The third-order valence-corrected chi connectivity index (χ3v) is 4.45. The highest BCUT2D eigenvalue weighted by Crippen LogP contribution is 2.27. The van der Waals surface area contributed by atoms with E-state index in [4.69, 9.17) is 11.6 Å². The topological polar surface area (TPSA) is 41.5 Å². The van der Waals surface area contributed by atoms with Gasteiger partial charge in [0.1, 0.15) is 0 Å². The average molecular weight is 327 g/mol. The first-order chi connectivity index (χ1) is 11.0. The summed E-state index contributed by atoms with van der Waals surface area (Å²) in [4.78, 5) is 12.2. The number of benzene rings is 2. The normalized spacial score (nSPS) is 17.8. The van der Waals surface area contributed by atoms with Crippen molar-refractivity contribution in [3.63, 3.8) is 0 Å². The number of nitrogens with one attached hydrogen (secondary N) is 1. The zero-order valence-corrected chi connectivity index (χ0v) is 14.0. The van der Waals surface area contributed by atoms with Crippen LogP contribution in [0, 0.1) is 0 Å². The highest BCUT2D eigenvalue weighted by molar-refractivity contribution is 6.30. The van der Waals surface area contributed by atoms with Gasteiger partial charge in [-0.3, -0.25) is 4.79 Å². The molecule has 23 heavy (non-hydrogen) atoms. The van der Waals surface area contributed by atoms with Gasteiger partial charge in [-0.2, -0.15) is 5.10 Å². The number of rotatable bonds is 3. The zero-order chi connectivity index (χ0) is 16.4. The van der Waals surface area contributed by atoms with E-state index in [-0.39, 0.29) is 11.8 Å². The molecule has 3 rings (SSSR count). The van der Waals surface area contributed by atoms with Crippen molar-refractivity contribution >= 4 is 23.2 Å². The highest BCUT2D eigenvalue weighted by atomic mass is 35.5. The summed E-state index contributed by atoms with van der Waals surface area (Å²) in [5.74, 6) is 0.217. The number of nitrogens with zero attached hydrogens (tertiary/aromatic N) is 1. The Labute approximate surface area is 141 Å². The number of carbonyl (C=O) groups excluding carboxylic acids is 1. The first-order valence-electron chi connectivity index (χ1n) is 7.77. The molecular formula is C19H19ClN2O. The van der Waals surface area contributed by atoms with E-state index in [2.05, 4.69) is 36.5 Å². The summed E-state index contributed by atoms with van der Waals surface area (Å²) >= 11 is 5.93. The summed E-state index contributed by atoms with van der Waals surface area (Å²) in [6.45, 7) is 4.32. The van der Waals surface area contributed by atoms with Crippen molar-refractivity contribution in [1.82, 2.24) is 5.43 Å². The molecule has 4 heteroatoms. The van der Waals surface area contributed by atoms with Crippen LogP contribution in [0.1, 0.15) is 48.8 Å². The summed E-state index contributed by atoms with van der Waals surface area (Å²) in [5.41, 5.74) is 6.80. The largest absolute Gasteiger partial charge is 0.272 e. The van der Waals surface area contributed by atoms with Gasteiger partial charge in [0.15, 0.2) is 0 Å². The zero-order valence-electron chi connectivity index (χ0n) is 13.2. The van der Waals surface area contributed by atoms with Gasteiger partial charge in [0.05, 0.1) is 11.6 Å². The van der Waals surface area contributed by atoms with Crippen molar-refractivity contribution < 1.29 is 4.79 Å². The number of halogens is 1. The molecule has 1 atom stereocenters. The first kappa shape index (κ1) is 15.8. The Bertz CT molecular complexity index is 733. The van der Waals surface area contributed by atoms with Gasteiger partial charge in [-0.25, -0.2) is 5.43 Å². The van der Waals surface area contributed by atoms with Crippen molar-refractivity contribution in [3.05, 3.63) is 70.2 Å². The average Bonchev–Trinajstić information content (AvgIpc) is 2.56. The Morgan fingerprint density at radius 3 is 2.35 bits per heavy atom. The molecule has 2 aromatic rings. The molecule has 3 nitrogen and oxygen atoms in total.